The average molecular weight is 275 g/mol. The molecule has 0 saturated heterocycles. The maximum Gasteiger partial charge on any atom is 0.247 e. The van der Waals surface area contributed by atoms with Crippen LogP contribution in [0.5, 0.6) is 0 Å². The van der Waals surface area contributed by atoms with E-state index in [0.29, 0.717) is 18.4 Å². The number of unbranched alkanes of at least 4 members (excludes halogenated alkanes) is 2. The Labute approximate surface area is 119 Å². The maximum atomic E-state index is 11.7. The zero-order valence-corrected chi connectivity index (χ0v) is 12.1. The van der Waals surface area contributed by atoms with Gasteiger partial charge in [-0.25, -0.2) is 4.98 Å². The molecule has 20 heavy (non-hydrogen) atoms. The van der Waals surface area contributed by atoms with E-state index in [9.17, 15) is 10.1 Å². The predicted octanol–water partition coefficient (Wildman–Crippen LogP) is 3.81. The van der Waals surface area contributed by atoms with Gasteiger partial charge in [-0.1, -0.05) is 26.7 Å². The van der Waals surface area contributed by atoms with E-state index in [0.717, 1.165) is 25.7 Å². The Balaban J connectivity index is 3.24. The van der Waals surface area contributed by atoms with Gasteiger partial charge in [-0.15, -0.1) is 0 Å². The summed E-state index contributed by atoms with van der Waals surface area (Å²) in [6.07, 6.45) is 5.93. The highest BCUT2D eigenvalue weighted by atomic mass is 16.6. The van der Waals surface area contributed by atoms with E-state index in [1.54, 1.807) is 12.1 Å². The quantitative estimate of drug-likeness (QED) is 0.533. The van der Waals surface area contributed by atoms with Crippen molar-refractivity contribution < 1.29 is 4.92 Å². The molecule has 5 nitrogen and oxygen atoms in total. The third-order valence-corrected chi connectivity index (χ3v) is 3.65. The van der Waals surface area contributed by atoms with Crippen molar-refractivity contribution in [1.82, 2.24) is 4.98 Å². The van der Waals surface area contributed by atoms with Crippen molar-refractivity contribution in [2.45, 2.75) is 57.9 Å². The lowest BCUT2D eigenvalue weighted by Gasteiger charge is -2.25. The summed E-state index contributed by atoms with van der Waals surface area (Å²) in [5.74, 6) is 0. The Morgan fingerprint density at radius 1 is 1.35 bits per heavy atom. The highest BCUT2D eigenvalue weighted by Gasteiger charge is 2.43. The van der Waals surface area contributed by atoms with Crippen LogP contribution in [-0.2, 0) is 5.54 Å². The number of nitrogens with zero attached hydrogens (tertiary/aromatic N) is 3. The summed E-state index contributed by atoms with van der Waals surface area (Å²) < 4.78 is 0. The van der Waals surface area contributed by atoms with Gasteiger partial charge in [0.25, 0.3) is 0 Å². The van der Waals surface area contributed by atoms with Gasteiger partial charge in [-0.05, 0) is 25.0 Å². The van der Waals surface area contributed by atoms with Crippen LogP contribution in [0.4, 0.5) is 0 Å². The zero-order chi connectivity index (χ0) is 15.0. The Morgan fingerprint density at radius 2 is 1.95 bits per heavy atom. The van der Waals surface area contributed by atoms with Gasteiger partial charge in [-0.3, -0.25) is 10.1 Å². The van der Waals surface area contributed by atoms with E-state index in [4.69, 9.17) is 5.26 Å². The van der Waals surface area contributed by atoms with Crippen LogP contribution in [0.3, 0.4) is 0 Å². The van der Waals surface area contributed by atoms with Gasteiger partial charge in [0, 0.05) is 29.5 Å². The normalized spacial score (nSPS) is 11.1. The van der Waals surface area contributed by atoms with E-state index in [2.05, 4.69) is 4.98 Å². The number of pyridine rings is 1. The second kappa shape index (κ2) is 7.59. The fourth-order valence-electron chi connectivity index (χ4n) is 2.42. The molecule has 0 aliphatic rings. The largest absolute Gasteiger partial charge is 0.264 e. The second-order valence-electron chi connectivity index (χ2n) is 5.04. The lowest BCUT2D eigenvalue weighted by Crippen LogP contribution is -2.35. The summed E-state index contributed by atoms with van der Waals surface area (Å²) >= 11 is 0. The summed E-state index contributed by atoms with van der Waals surface area (Å²) in [7, 11) is 0. The van der Waals surface area contributed by atoms with Crippen LogP contribution in [0.2, 0.25) is 0 Å². The first-order chi connectivity index (χ1) is 9.60. The van der Waals surface area contributed by atoms with Crippen LogP contribution in [0.1, 0.15) is 63.6 Å². The molecule has 108 valence electrons. The van der Waals surface area contributed by atoms with Crippen molar-refractivity contribution >= 4 is 0 Å². The van der Waals surface area contributed by atoms with Gasteiger partial charge in [0.2, 0.25) is 5.54 Å². The number of nitriles is 1. The molecule has 0 aromatic carbocycles. The Hall–Kier alpha value is -1.96. The van der Waals surface area contributed by atoms with Crippen LogP contribution >= 0.6 is 0 Å². The number of hydrogen-bond donors (Lipinski definition) is 0. The Bertz CT molecular complexity index is 486. The lowest BCUT2D eigenvalue weighted by atomic mass is 9.81. The van der Waals surface area contributed by atoms with E-state index in [1.165, 1.54) is 6.20 Å². The van der Waals surface area contributed by atoms with Crippen LogP contribution in [-0.4, -0.2) is 9.91 Å². The van der Waals surface area contributed by atoms with E-state index in [1.807, 2.05) is 19.9 Å². The fourth-order valence-corrected chi connectivity index (χ4v) is 2.42. The molecule has 0 fully saturated rings. The lowest BCUT2D eigenvalue weighted by molar-refractivity contribution is -0.582. The first-order valence-electron chi connectivity index (χ1n) is 7.11. The van der Waals surface area contributed by atoms with E-state index >= 15 is 0 Å². The summed E-state index contributed by atoms with van der Waals surface area (Å²) in [5, 5.41) is 20.7. The molecule has 0 amide bonds. The van der Waals surface area contributed by atoms with Gasteiger partial charge in [0.15, 0.2) is 0 Å². The molecule has 0 saturated carbocycles. The van der Waals surface area contributed by atoms with Crippen molar-refractivity contribution in [3.8, 4) is 6.07 Å². The first-order valence-corrected chi connectivity index (χ1v) is 7.11. The fraction of sp³-hybridized carbons (Fsp3) is 0.600. The van der Waals surface area contributed by atoms with Crippen LogP contribution in [0, 0.1) is 21.4 Å². The Morgan fingerprint density at radius 3 is 2.40 bits per heavy atom. The van der Waals surface area contributed by atoms with Crippen molar-refractivity contribution in [1.29, 1.82) is 5.26 Å². The summed E-state index contributed by atoms with van der Waals surface area (Å²) in [6.45, 7) is 4.05. The zero-order valence-electron chi connectivity index (χ0n) is 12.1. The molecule has 0 unspecified atom stereocenters. The number of hydrogen-bond acceptors (Lipinski definition) is 4. The standard InChI is InChI=1S/C15H21N3O2/c1-3-5-8-15(18(19)20,9-6-4-2)13-7-10-17-14(11-13)12-16/h7,10-11H,3-6,8-9H2,1-2H3. The highest BCUT2D eigenvalue weighted by molar-refractivity contribution is 5.29. The molecule has 0 aliphatic carbocycles. The van der Waals surface area contributed by atoms with E-state index < -0.39 is 5.54 Å². The molecule has 1 aromatic heterocycles. The first kappa shape index (κ1) is 16.1. The van der Waals surface area contributed by atoms with Crippen molar-refractivity contribution in [3.63, 3.8) is 0 Å². The van der Waals surface area contributed by atoms with Gasteiger partial charge in [-0.2, -0.15) is 5.26 Å². The average Bonchev–Trinajstić information content (AvgIpc) is 2.47. The molecule has 0 bridgehead atoms. The van der Waals surface area contributed by atoms with Gasteiger partial charge >= 0.3 is 0 Å². The third-order valence-electron chi connectivity index (χ3n) is 3.65. The van der Waals surface area contributed by atoms with Crippen LogP contribution in [0.15, 0.2) is 18.3 Å². The second-order valence-corrected chi connectivity index (χ2v) is 5.04. The molecule has 1 heterocycles. The topological polar surface area (TPSA) is 79.8 Å². The molecule has 0 aliphatic heterocycles. The van der Waals surface area contributed by atoms with E-state index in [-0.39, 0.29) is 10.6 Å². The maximum absolute atomic E-state index is 11.7. The van der Waals surface area contributed by atoms with Crippen molar-refractivity contribution in [3.05, 3.63) is 39.7 Å². The predicted molar refractivity (Wildman–Crippen MR) is 76.7 cm³/mol. The molecular formula is C15H21N3O2. The van der Waals surface area contributed by atoms with Crippen molar-refractivity contribution in [2.75, 3.05) is 0 Å². The minimum Gasteiger partial charge on any atom is -0.264 e. The summed E-state index contributed by atoms with van der Waals surface area (Å²) in [6, 6.07) is 5.20. The molecule has 1 rings (SSSR count). The molecule has 0 spiro atoms. The van der Waals surface area contributed by atoms with Crippen LogP contribution < -0.4 is 0 Å². The summed E-state index contributed by atoms with van der Waals surface area (Å²) in [4.78, 5) is 15.5. The van der Waals surface area contributed by atoms with Crippen molar-refractivity contribution in [2.24, 2.45) is 0 Å². The molecule has 1 aromatic rings. The SMILES string of the molecule is CCCCC(CCCC)(c1ccnc(C#N)c1)[N+](=O)[O-]. The molecule has 0 atom stereocenters. The van der Waals surface area contributed by atoms with Gasteiger partial charge in [0.05, 0.1) is 0 Å². The number of rotatable bonds is 8. The Kier molecular flexibility index (Phi) is 6.10. The highest BCUT2D eigenvalue weighted by Crippen LogP contribution is 2.36. The smallest absolute Gasteiger partial charge is 0.247 e. The minimum atomic E-state index is -1.08. The monoisotopic (exact) mass is 275 g/mol. The number of nitro groups is 1. The number of aromatic nitrogens is 1. The third kappa shape index (κ3) is 3.53. The molecular weight excluding hydrogens is 254 g/mol. The molecule has 5 heteroatoms. The van der Waals surface area contributed by atoms with Gasteiger partial charge < -0.3 is 0 Å². The summed E-state index contributed by atoms with van der Waals surface area (Å²) in [5.41, 5.74) is -0.238. The molecule has 0 radical (unpaired) electrons. The molecule has 0 N–H and O–H groups in total. The minimum absolute atomic E-state index is 0.172. The van der Waals surface area contributed by atoms with Crippen LogP contribution in [0.25, 0.3) is 0 Å². The van der Waals surface area contributed by atoms with Gasteiger partial charge in [0.1, 0.15) is 11.8 Å².